The summed E-state index contributed by atoms with van der Waals surface area (Å²) in [6.45, 7) is 7.20. The summed E-state index contributed by atoms with van der Waals surface area (Å²) in [4.78, 5) is 4.44. The summed E-state index contributed by atoms with van der Waals surface area (Å²) in [6.07, 6.45) is 0. The number of hydrogen-bond donors (Lipinski definition) is 0. The van der Waals surface area contributed by atoms with Crippen LogP contribution in [0.3, 0.4) is 0 Å². The molecule has 0 fully saturated rings. The van der Waals surface area contributed by atoms with Gasteiger partial charge in [0.2, 0.25) is 0 Å². The van der Waals surface area contributed by atoms with Crippen molar-refractivity contribution in [3.05, 3.63) is 29.6 Å². The maximum absolute atomic E-state index is 13.3. The van der Waals surface area contributed by atoms with Gasteiger partial charge in [0.05, 0.1) is 0 Å². The first kappa shape index (κ1) is 16.3. The van der Waals surface area contributed by atoms with E-state index in [1.807, 2.05) is 6.07 Å². The van der Waals surface area contributed by atoms with Gasteiger partial charge in [0.25, 0.3) is 0 Å². The lowest BCUT2D eigenvalue weighted by atomic mass is 10.1. The van der Waals surface area contributed by atoms with Crippen LogP contribution in [0.4, 0.5) is 10.1 Å². The third-order valence-corrected chi connectivity index (χ3v) is 3.22. The highest BCUT2D eigenvalue weighted by Crippen LogP contribution is 2.24. The van der Waals surface area contributed by atoms with Crippen molar-refractivity contribution < 1.29 is 4.39 Å². The Morgan fingerprint density at radius 3 is 2.42 bits per heavy atom. The number of likely N-dealkylation sites (N-methyl/N-ethyl adjacent to an activating group) is 1. The van der Waals surface area contributed by atoms with Crippen LogP contribution in [-0.4, -0.2) is 38.6 Å². The number of nitrogens with zero attached hydrogens (tertiary/aromatic N) is 2. The molecule has 0 N–H and O–H groups in total. The molecule has 0 aliphatic rings. The van der Waals surface area contributed by atoms with Crippen LogP contribution in [-0.2, 0) is 5.88 Å². The van der Waals surface area contributed by atoms with Crippen LogP contribution < -0.4 is 4.90 Å². The second-order valence-corrected chi connectivity index (χ2v) is 5.82. The zero-order valence-corrected chi connectivity index (χ0v) is 13.0. The standard InChI is InChI=1S/C15H24ClFN2/c1-12(2)11-19(8-7-18(3)4)15-6-5-14(17)9-13(15)10-16/h5-6,9,12H,7-8,10-11H2,1-4H3. The molecule has 1 aromatic carbocycles. The summed E-state index contributed by atoms with van der Waals surface area (Å²) >= 11 is 5.94. The number of halogens is 2. The summed E-state index contributed by atoms with van der Waals surface area (Å²) in [5.41, 5.74) is 1.91. The van der Waals surface area contributed by atoms with Gasteiger partial charge in [-0.15, -0.1) is 11.6 Å². The number of alkyl halides is 1. The van der Waals surface area contributed by atoms with E-state index in [0.717, 1.165) is 30.9 Å². The monoisotopic (exact) mass is 286 g/mol. The third-order valence-electron chi connectivity index (χ3n) is 2.93. The van der Waals surface area contributed by atoms with E-state index in [4.69, 9.17) is 11.6 Å². The summed E-state index contributed by atoms with van der Waals surface area (Å²) in [5, 5.41) is 0. The minimum atomic E-state index is -0.225. The topological polar surface area (TPSA) is 6.48 Å². The molecule has 0 radical (unpaired) electrons. The van der Waals surface area contributed by atoms with Crippen molar-refractivity contribution in [1.82, 2.24) is 4.90 Å². The maximum Gasteiger partial charge on any atom is 0.123 e. The molecular formula is C15H24ClFN2. The second-order valence-electron chi connectivity index (χ2n) is 5.55. The van der Waals surface area contributed by atoms with E-state index in [9.17, 15) is 4.39 Å². The number of hydrogen-bond acceptors (Lipinski definition) is 2. The maximum atomic E-state index is 13.3. The molecule has 0 aliphatic heterocycles. The predicted octanol–water partition coefficient (Wildman–Crippen LogP) is 3.59. The average molecular weight is 287 g/mol. The van der Waals surface area contributed by atoms with E-state index >= 15 is 0 Å². The van der Waals surface area contributed by atoms with E-state index in [-0.39, 0.29) is 5.82 Å². The Balaban J connectivity index is 2.95. The molecule has 0 spiro atoms. The van der Waals surface area contributed by atoms with E-state index in [2.05, 4.69) is 37.7 Å². The van der Waals surface area contributed by atoms with Crippen molar-refractivity contribution in [2.75, 3.05) is 38.6 Å². The van der Waals surface area contributed by atoms with Crippen molar-refractivity contribution in [2.45, 2.75) is 19.7 Å². The zero-order chi connectivity index (χ0) is 14.4. The molecule has 108 valence electrons. The van der Waals surface area contributed by atoms with Gasteiger partial charge in [0.1, 0.15) is 5.82 Å². The van der Waals surface area contributed by atoms with Gasteiger partial charge in [-0.05, 0) is 43.8 Å². The zero-order valence-electron chi connectivity index (χ0n) is 12.3. The molecule has 19 heavy (non-hydrogen) atoms. The normalized spacial score (nSPS) is 11.4. The third kappa shape index (κ3) is 5.37. The first-order valence-corrected chi connectivity index (χ1v) is 7.21. The Kier molecular flexibility index (Phi) is 6.59. The largest absolute Gasteiger partial charge is 0.370 e. The van der Waals surface area contributed by atoms with Crippen molar-refractivity contribution in [1.29, 1.82) is 0 Å². The van der Waals surface area contributed by atoms with Gasteiger partial charge in [0.15, 0.2) is 0 Å². The van der Waals surface area contributed by atoms with Crippen LogP contribution in [0.25, 0.3) is 0 Å². The van der Waals surface area contributed by atoms with Gasteiger partial charge in [0, 0.05) is 31.2 Å². The van der Waals surface area contributed by atoms with Crippen molar-refractivity contribution in [3.63, 3.8) is 0 Å². The fourth-order valence-electron chi connectivity index (χ4n) is 2.04. The minimum absolute atomic E-state index is 0.225. The van der Waals surface area contributed by atoms with E-state index in [0.29, 0.717) is 11.8 Å². The van der Waals surface area contributed by atoms with Gasteiger partial charge in [-0.3, -0.25) is 0 Å². The fraction of sp³-hybridized carbons (Fsp3) is 0.600. The quantitative estimate of drug-likeness (QED) is 0.707. The molecule has 1 rings (SSSR count). The molecule has 1 aromatic rings. The smallest absolute Gasteiger partial charge is 0.123 e. The van der Waals surface area contributed by atoms with E-state index < -0.39 is 0 Å². The molecular weight excluding hydrogens is 263 g/mol. The van der Waals surface area contributed by atoms with Gasteiger partial charge in [-0.1, -0.05) is 13.8 Å². The Bertz CT molecular complexity index is 394. The van der Waals surface area contributed by atoms with Crippen LogP contribution in [0, 0.1) is 11.7 Å². The van der Waals surface area contributed by atoms with Crippen LogP contribution in [0.15, 0.2) is 18.2 Å². The van der Waals surface area contributed by atoms with Crippen LogP contribution in [0.1, 0.15) is 19.4 Å². The first-order valence-electron chi connectivity index (χ1n) is 6.68. The molecule has 0 aliphatic carbocycles. The van der Waals surface area contributed by atoms with Gasteiger partial charge < -0.3 is 9.80 Å². The second kappa shape index (κ2) is 7.71. The summed E-state index contributed by atoms with van der Waals surface area (Å²) in [5.74, 6) is 0.663. The number of rotatable bonds is 7. The Morgan fingerprint density at radius 2 is 1.89 bits per heavy atom. The van der Waals surface area contributed by atoms with E-state index in [1.165, 1.54) is 12.1 Å². The van der Waals surface area contributed by atoms with Crippen molar-refractivity contribution in [2.24, 2.45) is 5.92 Å². The SMILES string of the molecule is CC(C)CN(CCN(C)C)c1ccc(F)cc1CCl. The summed E-state index contributed by atoms with van der Waals surface area (Å²) in [6, 6.07) is 4.88. The fourth-order valence-corrected chi connectivity index (χ4v) is 2.26. The summed E-state index contributed by atoms with van der Waals surface area (Å²) < 4.78 is 13.3. The van der Waals surface area contributed by atoms with Crippen LogP contribution in [0.5, 0.6) is 0 Å². The molecule has 2 nitrogen and oxygen atoms in total. The number of benzene rings is 1. The molecule has 0 aromatic heterocycles. The molecule has 4 heteroatoms. The van der Waals surface area contributed by atoms with Crippen LogP contribution in [0.2, 0.25) is 0 Å². The van der Waals surface area contributed by atoms with E-state index in [1.54, 1.807) is 0 Å². The van der Waals surface area contributed by atoms with Gasteiger partial charge in [-0.25, -0.2) is 4.39 Å². The minimum Gasteiger partial charge on any atom is -0.370 e. The molecule has 0 heterocycles. The lowest BCUT2D eigenvalue weighted by Gasteiger charge is -2.29. The van der Waals surface area contributed by atoms with Gasteiger partial charge in [-0.2, -0.15) is 0 Å². The molecule has 0 amide bonds. The highest BCUT2D eigenvalue weighted by molar-refractivity contribution is 6.17. The highest BCUT2D eigenvalue weighted by atomic mass is 35.5. The molecule has 0 atom stereocenters. The molecule has 0 saturated carbocycles. The summed E-state index contributed by atoms with van der Waals surface area (Å²) in [7, 11) is 4.11. The Labute approximate surface area is 121 Å². The first-order chi connectivity index (χ1) is 8.93. The van der Waals surface area contributed by atoms with Crippen molar-refractivity contribution >= 4 is 17.3 Å². The lowest BCUT2D eigenvalue weighted by molar-refractivity contribution is 0.409. The predicted molar refractivity (Wildman–Crippen MR) is 81.6 cm³/mol. The molecule has 0 unspecified atom stereocenters. The number of anilines is 1. The lowest BCUT2D eigenvalue weighted by Crippen LogP contribution is -2.35. The Morgan fingerprint density at radius 1 is 1.21 bits per heavy atom. The highest BCUT2D eigenvalue weighted by Gasteiger charge is 2.13. The molecule has 0 saturated heterocycles. The van der Waals surface area contributed by atoms with Gasteiger partial charge >= 0.3 is 0 Å². The average Bonchev–Trinajstić information content (AvgIpc) is 2.33. The van der Waals surface area contributed by atoms with Crippen molar-refractivity contribution in [3.8, 4) is 0 Å². The van der Waals surface area contributed by atoms with Crippen LogP contribution >= 0.6 is 11.6 Å². The Hall–Kier alpha value is -0.800. The molecule has 0 bridgehead atoms.